The number of amides is 1. The highest BCUT2D eigenvalue weighted by Gasteiger charge is 2.15. The van der Waals surface area contributed by atoms with Gasteiger partial charge in [0.25, 0.3) is 0 Å². The van der Waals surface area contributed by atoms with E-state index in [0.717, 1.165) is 18.8 Å². The van der Waals surface area contributed by atoms with E-state index in [1.165, 1.54) is 5.56 Å². The number of nitrogens with zero attached hydrogens (tertiary/aromatic N) is 3. The summed E-state index contributed by atoms with van der Waals surface area (Å²) in [5, 5.41) is 2.94. The highest BCUT2D eigenvalue weighted by atomic mass is 16.2. The number of benzene rings is 1. The molecule has 0 aliphatic carbocycles. The number of hydrogen-bond donors (Lipinski definition) is 1. The monoisotopic (exact) mass is 300 g/mol. The van der Waals surface area contributed by atoms with E-state index < -0.39 is 0 Å². The van der Waals surface area contributed by atoms with Crippen molar-refractivity contribution in [1.29, 1.82) is 0 Å². The molecule has 1 atom stereocenters. The molecule has 0 aliphatic heterocycles. The van der Waals surface area contributed by atoms with Crippen LogP contribution in [0.4, 0.5) is 0 Å². The summed E-state index contributed by atoms with van der Waals surface area (Å²) >= 11 is 0. The van der Waals surface area contributed by atoms with Crippen LogP contribution >= 0.6 is 0 Å². The van der Waals surface area contributed by atoms with Crippen molar-refractivity contribution in [3.8, 4) is 0 Å². The van der Waals surface area contributed by atoms with E-state index in [1.54, 1.807) is 6.20 Å². The molecule has 0 fully saturated rings. The molecule has 2 aromatic rings. The van der Waals surface area contributed by atoms with Crippen LogP contribution in [0.3, 0.4) is 0 Å². The lowest BCUT2D eigenvalue weighted by Crippen LogP contribution is -2.41. The third-order valence-corrected chi connectivity index (χ3v) is 3.86. The molecular formula is C17H24N4O. The molecule has 0 bridgehead atoms. The van der Waals surface area contributed by atoms with Crippen LogP contribution in [0.5, 0.6) is 0 Å². The molecule has 0 aliphatic rings. The van der Waals surface area contributed by atoms with Crippen molar-refractivity contribution in [2.45, 2.75) is 32.5 Å². The summed E-state index contributed by atoms with van der Waals surface area (Å²) in [7, 11) is 3.79. The van der Waals surface area contributed by atoms with Crippen molar-refractivity contribution in [2.75, 3.05) is 14.1 Å². The second-order valence-electron chi connectivity index (χ2n) is 5.63. The Morgan fingerprint density at radius 3 is 2.73 bits per heavy atom. The number of aryl methyl sites for hydroxylation is 2. The molecule has 0 unspecified atom stereocenters. The molecule has 1 amide bonds. The first-order valence-electron chi connectivity index (χ1n) is 7.56. The van der Waals surface area contributed by atoms with Crippen LogP contribution < -0.4 is 5.32 Å². The Labute approximate surface area is 132 Å². The van der Waals surface area contributed by atoms with Gasteiger partial charge in [0.1, 0.15) is 5.82 Å². The van der Waals surface area contributed by atoms with Gasteiger partial charge in [0.2, 0.25) is 5.91 Å². The van der Waals surface area contributed by atoms with Crippen LogP contribution in [0.2, 0.25) is 0 Å². The van der Waals surface area contributed by atoms with Crippen LogP contribution in [0, 0.1) is 0 Å². The van der Waals surface area contributed by atoms with Gasteiger partial charge in [-0.1, -0.05) is 30.3 Å². The first-order chi connectivity index (χ1) is 10.6. The fourth-order valence-corrected chi connectivity index (χ4v) is 2.15. The summed E-state index contributed by atoms with van der Waals surface area (Å²) in [6, 6.07) is 10.2. The molecule has 0 radical (unpaired) electrons. The maximum atomic E-state index is 12.0. The number of carbonyl (C=O) groups excluding carboxylic acids is 1. The summed E-state index contributed by atoms with van der Waals surface area (Å²) in [6.45, 7) is 3.20. The SMILES string of the molecule is C[C@@H](C(=O)NCc1nccn1CCc1ccccc1)N(C)C. The number of imidazole rings is 1. The fourth-order valence-electron chi connectivity index (χ4n) is 2.15. The van der Waals surface area contributed by atoms with Gasteiger partial charge in [-0.25, -0.2) is 4.98 Å². The molecule has 118 valence electrons. The Balaban J connectivity index is 1.88. The molecule has 1 aromatic carbocycles. The normalized spacial score (nSPS) is 12.4. The summed E-state index contributed by atoms with van der Waals surface area (Å²) in [6.07, 6.45) is 4.69. The van der Waals surface area contributed by atoms with Crippen LogP contribution in [0.15, 0.2) is 42.7 Å². The second-order valence-corrected chi connectivity index (χ2v) is 5.63. The van der Waals surface area contributed by atoms with Gasteiger partial charge in [-0.05, 0) is 33.0 Å². The Morgan fingerprint density at radius 2 is 2.05 bits per heavy atom. The topological polar surface area (TPSA) is 50.2 Å². The Morgan fingerprint density at radius 1 is 1.32 bits per heavy atom. The Hall–Kier alpha value is -2.14. The van der Waals surface area contributed by atoms with Gasteiger partial charge in [0, 0.05) is 18.9 Å². The van der Waals surface area contributed by atoms with E-state index in [0.29, 0.717) is 6.54 Å². The Bertz CT molecular complexity index is 592. The summed E-state index contributed by atoms with van der Waals surface area (Å²) < 4.78 is 2.09. The number of rotatable bonds is 7. The molecule has 5 nitrogen and oxygen atoms in total. The minimum Gasteiger partial charge on any atom is -0.348 e. The molecular weight excluding hydrogens is 276 g/mol. The lowest BCUT2D eigenvalue weighted by atomic mass is 10.1. The molecule has 1 heterocycles. The number of likely N-dealkylation sites (N-methyl/N-ethyl adjacent to an activating group) is 1. The van der Waals surface area contributed by atoms with Crippen molar-refractivity contribution in [3.63, 3.8) is 0 Å². The van der Waals surface area contributed by atoms with Gasteiger partial charge in [0.15, 0.2) is 0 Å². The first kappa shape index (κ1) is 16.2. The summed E-state index contributed by atoms with van der Waals surface area (Å²) in [4.78, 5) is 18.2. The number of carbonyl (C=O) groups is 1. The van der Waals surface area contributed by atoms with Crippen molar-refractivity contribution in [1.82, 2.24) is 19.8 Å². The van der Waals surface area contributed by atoms with E-state index in [2.05, 4.69) is 27.0 Å². The van der Waals surface area contributed by atoms with Crippen molar-refractivity contribution in [2.24, 2.45) is 0 Å². The van der Waals surface area contributed by atoms with E-state index in [1.807, 2.05) is 50.3 Å². The van der Waals surface area contributed by atoms with Gasteiger partial charge >= 0.3 is 0 Å². The molecule has 5 heteroatoms. The van der Waals surface area contributed by atoms with Gasteiger partial charge in [-0.15, -0.1) is 0 Å². The lowest BCUT2D eigenvalue weighted by molar-refractivity contribution is -0.125. The average molecular weight is 300 g/mol. The average Bonchev–Trinajstić information content (AvgIpc) is 2.98. The van der Waals surface area contributed by atoms with Crippen LogP contribution in [0.25, 0.3) is 0 Å². The maximum absolute atomic E-state index is 12.0. The first-order valence-corrected chi connectivity index (χ1v) is 7.56. The van der Waals surface area contributed by atoms with E-state index in [-0.39, 0.29) is 11.9 Å². The van der Waals surface area contributed by atoms with Crippen LogP contribution in [-0.4, -0.2) is 40.5 Å². The van der Waals surface area contributed by atoms with Gasteiger partial charge < -0.3 is 9.88 Å². The minimum atomic E-state index is -0.146. The standard InChI is InChI=1S/C17H24N4O/c1-14(20(2)3)17(22)19-13-16-18-10-12-21(16)11-9-15-7-5-4-6-8-15/h4-8,10,12,14H,9,11,13H2,1-3H3,(H,19,22)/t14-/m0/s1. The zero-order valence-corrected chi connectivity index (χ0v) is 13.5. The molecule has 0 saturated heterocycles. The predicted molar refractivity (Wildman–Crippen MR) is 87.4 cm³/mol. The quantitative estimate of drug-likeness (QED) is 0.846. The number of hydrogen-bond acceptors (Lipinski definition) is 3. The van der Waals surface area contributed by atoms with Gasteiger partial charge in [-0.2, -0.15) is 0 Å². The van der Waals surface area contributed by atoms with Crippen molar-refractivity contribution in [3.05, 3.63) is 54.1 Å². The van der Waals surface area contributed by atoms with Gasteiger partial charge in [-0.3, -0.25) is 9.69 Å². The molecule has 0 saturated carbocycles. The zero-order valence-electron chi connectivity index (χ0n) is 13.5. The summed E-state index contributed by atoms with van der Waals surface area (Å²) in [5.74, 6) is 0.901. The third kappa shape index (κ3) is 4.43. The number of aromatic nitrogens is 2. The molecule has 1 aromatic heterocycles. The minimum absolute atomic E-state index is 0.0163. The highest BCUT2D eigenvalue weighted by molar-refractivity contribution is 5.81. The second kappa shape index (κ2) is 7.75. The zero-order chi connectivity index (χ0) is 15.9. The third-order valence-electron chi connectivity index (χ3n) is 3.86. The predicted octanol–water partition coefficient (Wildman–Crippen LogP) is 1.69. The van der Waals surface area contributed by atoms with Crippen molar-refractivity contribution >= 4 is 5.91 Å². The van der Waals surface area contributed by atoms with Crippen LogP contribution in [0.1, 0.15) is 18.3 Å². The molecule has 22 heavy (non-hydrogen) atoms. The number of nitrogens with one attached hydrogen (secondary N) is 1. The lowest BCUT2D eigenvalue weighted by Gasteiger charge is -2.19. The van der Waals surface area contributed by atoms with E-state index in [4.69, 9.17) is 0 Å². The van der Waals surface area contributed by atoms with Gasteiger partial charge in [0.05, 0.1) is 12.6 Å². The fraction of sp³-hybridized carbons (Fsp3) is 0.412. The largest absolute Gasteiger partial charge is 0.348 e. The summed E-state index contributed by atoms with van der Waals surface area (Å²) in [5.41, 5.74) is 1.30. The van der Waals surface area contributed by atoms with E-state index in [9.17, 15) is 4.79 Å². The van der Waals surface area contributed by atoms with E-state index >= 15 is 0 Å². The smallest absolute Gasteiger partial charge is 0.237 e. The molecule has 1 N–H and O–H groups in total. The molecule has 0 spiro atoms. The highest BCUT2D eigenvalue weighted by Crippen LogP contribution is 2.04. The maximum Gasteiger partial charge on any atom is 0.237 e. The Kier molecular flexibility index (Phi) is 5.72. The van der Waals surface area contributed by atoms with Crippen molar-refractivity contribution < 1.29 is 4.79 Å². The van der Waals surface area contributed by atoms with Crippen LogP contribution in [-0.2, 0) is 24.3 Å². The molecule has 2 rings (SSSR count).